The van der Waals surface area contributed by atoms with Gasteiger partial charge < -0.3 is 19.5 Å². The highest BCUT2D eigenvalue weighted by molar-refractivity contribution is 7.91. The summed E-state index contributed by atoms with van der Waals surface area (Å²) >= 11 is -1.17. The first-order valence-corrected chi connectivity index (χ1v) is 12.7. The van der Waals surface area contributed by atoms with Gasteiger partial charge in [-0.1, -0.05) is 18.2 Å². The minimum absolute atomic E-state index is 0.314. The Morgan fingerprint density at radius 3 is 2.58 bits per heavy atom. The predicted molar refractivity (Wildman–Crippen MR) is 130 cm³/mol. The van der Waals surface area contributed by atoms with E-state index in [1.807, 2.05) is 34.9 Å². The van der Waals surface area contributed by atoms with Gasteiger partial charge in [-0.05, 0) is 79.3 Å². The molecule has 0 saturated carbocycles. The number of aromatic nitrogens is 4. The highest BCUT2D eigenvalue weighted by Gasteiger charge is 2.37. The van der Waals surface area contributed by atoms with E-state index < -0.39 is 16.8 Å². The number of piperidine rings is 1. The van der Waals surface area contributed by atoms with Crippen LogP contribution in [0.15, 0.2) is 72.3 Å². The van der Waals surface area contributed by atoms with Crippen LogP contribution in [0.5, 0.6) is 0 Å². The van der Waals surface area contributed by atoms with E-state index in [0.717, 1.165) is 48.6 Å². The van der Waals surface area contributed by atoms with Gasteiger partial charge in [0.1, 0.15) is 24.0 Å². The number of likely N-dealkylation sites (tertiary alicyclic amines) is 1. The van der Waals surface area contributed by atoms with E-state index in [0.29, 0.717) is 18.6 Å². The maximum Gasteiger partial charge on any atom is 0.152 e. The van der Waals surface area contributed by atoms with E-state index in [9.17, 15) is 9.66 Å². The number of fused-ring (bicyclic) bond motifs is 1. The van der Waals surface area contributed by atoms with Gasteiger partial charge in [-0.2, -0.15) is 0 Å². The van der Waals surface area contributed by atoms with Crippen molar-refractivity contribution in [3.63, 3.8) is 0 Å². The van der Waals surface area contributed by atoms with Gasteiger partial charge in [0.05, 0.1) is 0 Å². The normalized spacial score (nSPS) is 17.4. The highest BCUT2D eigenvalue weighted by atomic mass is 32.2. The fourth-order valence-corrected chi connectivity index (χ4v) is 6.00. The average Bonchev–Trinajstić information content (AvgIpc) is 3.51. The van der Waals surface area contributed by atoms with Gasteiger partial charge in [-0.25, -0.2) is 0 Å². The third-order valence-electron chi connectivity index (χ3n) is 6.58. The van der Waals surface area contributed by atoms with Gasteiger partial charge in [0, 0.05) is 35.9 Å². The summed E-state index contributed by atoms with van der Waals surface area (Å²) in [5, 5.41) is 20.0. The summed E-state index contributed by atoms with van der Waals surface area (Å²) < 4.78 is 14.5. The zero-order valence-electron chi connectivity index (χ0n) is 18.6. The van der Waals surface area contributed by atoms with E-state index in [4.69, 9.17) is 0 Å². The number of nitrogens with one attached hydrogen (secondary N) is 1. The number of aryl methyl sites for hydroxylation is 1. The lowest BCUT2D eigenvalue weighted by atomic mass is 9.93. The van der Waals surface area contributed by atoms with Gasteiger partial charge in [-0.3, -0.25) is 4.57 Å². The monoisotopic (exact) mass is 463 g/mol. The molecule has 1 unspecified atom stereocenters. The molecular weight excluding hydrogens is 434 g/mol. The number of benzene rings is 2. The molecule has 1 aliphatic heterocycles. The van der Waals surface area contributed by atoms with Crippen LogP contribution in [-0.4, -0.2) is 65.3 Å². The second-order valence-electron chi connectivity index (χ2n) is 8.89. The average molecular weight is 464 g/mol. The molecule has 2 aromatic heterocycles. The molecule has 1 saturated heterocycles. The molecule has 7 nitrogen and oxygen atoms in total. The van der Waals surface area contributed by atoms with Gasteiger partial charge in [0.15, 0.2) is 4.90 Å². The topological polar surface area (TPSA) is 93.0 Å². The summed E-state index contributed by atoms with van der Waals surface area (Å²) in [5.41, 5.74) is 2.66. The fourth-order valence-electron chi connectivity index (χ4n) is 4.60. The second kappa shape index (κ2) is 9.69. The molecular formula is C25H29N5O2S. The molecule has 2 N–H and O–H groups in total. The summed E-state index contributed by atoms with van der Waals surface area (Å²) in [6, 6.07) is 15.8. The van der Waals surface area contributed by atoms with Crippen molar-refractivity contribution in [1.29, 1.82) is 0 Å². The molecule has 4 aromatic rings. The largest absolute Gasteiger partial charge is 0.611 e. The summed E-state index contributed by atoms with van der Waals surface area (Å²) in [7, 11) is 0. The lowest BCUT2D eigenvalue weighted by Crippen LogP contribution is -2.48. The van der Waals surface area contributed by atoms with Gasteiger partial charge in [0.25, 0.3) is 0 Å². The molecule has 5 rings (SSSR count). The Kier molecular flexibility index (Phi) is 6.50. The Bertz CT molecular complexity index is 1170. The Morgan fingerprint density at radius 1 is 1.06 bits per heavy atom. The third-order valence-corrected chi connectivity index (χ3v) is 8.18. The van der Waals surface area contributed by atoms with Crippen molar-refractivity contribution in [2.75, 3.05) is 25.4 Å². The molecule has 1 atom stereocenters. The van der Waals surface area contributed by atoms with Crippen LogP contribution in [0.2, 0.25) is 0 Å². The first-order chi connectivity index (χ1) is 16.1. The molecule has 3 heterocycles. The number of aromatic amines is 1. The van der Waals surface area contributed by atoms with E-state index >= 15 is 0 Å². The molecule has 172 valence electrons. The fraction of sp³-hybridized carbons (Fsp3) is 0.360. The van der Waals surface area contributed by atoms with Gasteiger partial charge in [-0.15, -0.1) is 10.2 Å². The lowest BCUT2D eigenvalue weighted by molar-refractivity contribution is -0.00260. The number of hydrogen-bond acceptors (Lipinski definition) is 5. The third kappa shape index (κ3) is 5.14. The molecule has 8 heteroatoms. The van der Waals surface area contributed by atoms with Crippen LogP contribution < -0.4 is 0 Å². The van der Waals surface area contributed by atoms with Crippen LogP contribution in [0.1, 0.15) is 24.8 Å². The summed E-state index contributed by atoms with van der Waals surface area (Å²) in [5.74, 6) is 0.314. The maximum atomic E-state index is 12.6. The van der Waals surface area contributed by atoms with E-state index in [-0.39, 0.29) is 0 Å². The standard InChI is InChI=1S/C25H29N5O2S/c31-25(17-33(32)22-6-2-1-3-7-22)10-13-29(14-11-25)12-4-5-20-16-26-24-9-8-21(15-23(20)24)30-18-27-28-19-30/h1-3,6-9,15-16,18-19,26,31H,4-5,10-14,17H2. The zero-order valence-corrected chi connectivity index (χ0v) is 19.4. The van der Waals surface area contributed by atoms with Crippen LogP contribution in [-0.2, 0) is 17.6 Å². The zero-order chi connectivity index (χ0) is 22.7. The molecule has 0 aliphatic carbocycles. The van der Waals surface area contributed by atoms with Crippen molar-refractivity contribution in [3.8, 4) is 5.69 Å². The first-order valence-electron chi connectivity index (χ1n) is 11.4. The Balaban J connectivity index is 1.13. The Labute approximate surface area is 196 Å². The van der Waals surface area contributed by atoms with E-state index in [1.165, 1.54) is 10.9 Å². The molecule has 2 aromatic carbocycles. The van der Waals surface area contributed by atoms with Crippen molar-refractivity contribution in [3.05, 3.63) is 72.9 Å². The van der Waals surface area contributed by atoms with Crippen LogP contribution in [0.3, 0.4) is 0 Å². The molecule has 0 spiro atoms. The van der Waals surface area contributed by atoms with E-state index in [2.05, 4.69) is 44.5 Å². The molecule has 33 heavy (non-hydrogen) atoms. The van der Waals surface area contributed by atoms with Crippen molar-refractivity contribution < 1.29 is 9.66 Å². The number of hydrogen-bond donors (Lipinski definition) is 2. The number of aliphatic hydroxyl groups is 1. The number of rotatable bonds is 8. The summed E-state index contributed by atoms with van der Waals surface area (Å²) in [4.78, 5) is 6.58. The molecule has 0 radical (unpaired) electrons. The van der Waals surface area contributed by atoms with Crippen LogP contribution >= 0.6 is 0 Å². The number of H-pyrrole nitrogens is 1. The van der Waals surface area contributed by atoms with Crippen molar-refractivity contribution in [1.82, 2.24) is 24.6 Å². The van der Waals surface area contributed by atoms with Gasteiger partial charge >= 0.3 is 0 Å². The lowest BCUT2D eigenvalue weighted by Gasteiger charge is -2.37. The van der Waals surface area contributed by atoms with E-state index in [1.54, 1.807) is 12.7 Å². The molecule has 0 amide bonds. The molecule has 1 aliphatic rings. The highest BCUT2D eigenvalue weighted by Crippen LogP contribution is 2.27. The van der Waals surface area contributed by atoms with Crippen molar-refractivity contribution in [2.45, 2.75) is 36.2 Å². The number of nitrogens with zero attached hydrogens (tertiary/aromatic N) is 4. The summed E-state index contributed by atoms with van der Waals surface area (Å²) in [6.07, 6.45) is 8.90. The Morgan fingerprint density at radius 2 is 1.82 bits per heavy atom. The van der Waals surface area contributed by atoms with Crippen LogP contribution in [0.4, 0.5) is 0 Å². The van der Waals surface area contributed by atoms with Crippen LogP contribution in [0, 0.1) is 0 Å². The molecule has 1 fully saturated rings. The van der Waals surface area contributed by atoms with Crippen molar-refractivity contribution >= 4 is 22.1 Å². The molecule has 0 bridgehead atoms. The second-order valence-corrected chi connectivity index (χ2v) is 10.3. The minimum Gasteiger partial charge on any atom is -0.611 e. The van der Waals surface area contributed by atoms with Crippen molar-refractivity contribution in [2.24, 2.45) is 0 Å². The summed E-state index contributed by atoms with van der Waals surface area (Å²) in [6.45, 7) is 2.68. The first kappa shape index (κ1) is 22.2. The quantitative estimate of drug-likeness (QED) is 0.391. The van der Waals surface area contributed by atoms with Crippen LogP contribution in [0.25, 0.3) is 16.6 Å². The SMILES string of the molecule is [O-][S+](CC1(O)CCN(CCCc2c[nH]c3ccc(-n4cnnc4)cc23)CC1)c1ccccc1. The Hall–Kier alpha value is -2.65. The smallest absolute Gasteiger partial charge is 0.152 e. The predicted octanol–water partition coefficient (Wildman–Crippen LogP) is 3.32. The maximum absolute atomic E-state index is 12.6. The minimum atomic E-state index is -1.17. The van der Waals surface area contributed by atoms with Gasteiger partial charge in [0.2, 0.25) is 0 Å².